The summed E-state index contributed by atoms with van der Waals surface area (Å²) in [5.41, 5.74) is 1.90. The van der Waals surface area contributed by atoms with Gasteiger partial charge in [0.05, 0.1) is 4.90 Å². The van der Waals surface area contributed by atoms with E-state index in [0.717, 1.165) is 36.9 Å². The van der Waals surface area contributed by atoms with Gasteiger partial charge in [0.2, 0.25) is 10.0 Å². The molecule has 0 radical (unpaired) electrons. The van der Waals surface area contributed by atoms with Crippen molar-refractivity contribution in [2.75, 3.05) is 6.54 Å². The van der Waals surface area contributed by atoms with E-state index in [1.807, 2.05) is 19.1 Å². The molecule has 2 rings (SSSR count). The molecule has 1 aromatic carbocycles. The second-order valence-electron chi connectivity index (χ2n) is 6.11. The highest BCUT2D eigenvalue weighted by Gasteiger charge is 2.30. The molecule has 1 fully saturated rings. The van der Waals surface area contributed by atoms with Gasteiger partial charge in [0.1, 0.15) is 0 Å². The third-order valence-electron chi connectivity index (χ3n) is 4.12. The lowest BCUT2D eigenvalue weighted by atomic mass is 9.83. The number of hydrogen-bond acceptors (Lipinski definition) is 3. The van der Waals surface area contributed by atoms with Gasteiger partial charge >= 0.3 is 0 Å². The van der Waals surface area contributed by atoms with E-state index >= 15 is 0 Å². The number of rotatable bonds is 7. The first-order valence-electron chi connectivity index (χ1n) is 7.75. The molecule has 118 valence electrons. The van der Waals surface area contributed by atoms with Crippen LogP contribution in [-0.4, -0.2) is 21.0 Å². The van der Waals surface area contributed by atoms with E-state index in [0.29, 0.717) is 17.4 Å². The lowest BCUT2D eigenvalue weighted by molar-refractivity contribution is 0.270. The lowest BCUT2D eigenvalue weighted by Crippen LogP contribution is -2.43. The Labute approximate surface area is 128 Å². The molecule has 0 bridgehead atoms. The van der Waals surface area contributed by atoms with Crippen LogP contribution in [0.2, 0.25) is 0 Å². The maximum Gasteiger partial charge on any atom is 0.241 e. The van der Waals surface area contributed by atoms with E-state index in [1.165, 1.54) is 0 Å². The fraction of sp³-hybridized carbons (Fsp3) is 0.625. The minimum Gasteiger partial charge on any atom is -0.313 e. The first-order chi connectivity index (χ1) is 9.94. The molecular formula is C16H26N2O2S. The highest BCUT2D eigenvalue weighted by Crippen LogP contribution is 2.28. The normalized spacial score (nSPS) is 22.0. The molecule has 1 saturated carbocycles. The SMILES string of the molecule is CCCNCc1cccc(S(=O)(=O)NC2CC(C)C2)c1C. The maximum atomic E-state index is 12.5. The molecule has 0 spiro atoms. The zero-order chi connectivity index (χ0) is 15.5. The van der Waals surface area contributed by atoms with Crippen molar-refractivity contribution in [3.8, 4) is 0 Å². The van der Waals surface area contributed by atoms with Crippen molar-refractivity contribution in [2.24, 2.45) is 5.92 Å². The topological polar surface area (TPSA) is 58.2 Å². The van der Waals surface area contributed by atoms with Crippen LogP contribution in [0.1, 0.15) is 44.2 Å². The molecule has 1 aliphatic rings. The van der Waals surface area contributed by atoms with Gasteiger partial charge < -0.3 is 5.32 Å². The summed E-state index contributed by atoms with van der Waals surface area (Å²) in [6.07, 6.45) is 2.95. The van der Waals surface area contributed by atoms with Gasteiger partial charge in [0, 0.05) is 12.6 Å². The van der Waals surface area contributed by atoms with E-state index in [1.54, 1.807) is 6.07 Å². The summed E-state index contributed by atoms with van der Waals surface area (Å²) in [5, 5.41) is 3.32. The Hall–Kier alpha value is -0.910. The predicted octanol–water partition coefficient (Wildman–Crippen LogP) is 2.57. The molecule has 0 amide bonds. The van der Waals surface area contributed by atoms with Gasteiger partial charge in [0.25, 0.3) is 0 Å². The molecule has 21 heavy (non-hydrogen) atoms. The molecule has 0 aliphatic heterocycles. The molecule has 0 unspecified atom stereocenters. The summed E-state index contributed by atoms with van der Waals surface area (Å²) < 4.78 is 27.9. The van der Waals surface area contributed by atoms with Gasteiger partial charge in [-0.05, 0) is 55.8 Å². The third kappa shape index (κ3) is 4.05. The van der Waals surface area contributed by atoms with Crippen LogP contribution in [0.25, 0.3) is 0 Å². The smallest absolute Gasteiger partial charge is 0.241 e. The molecule has 0 saturated heterocycles. The zero-order valence-electron chi connectivity index (χ0n) is 13.1. The van der Waals surface area contributed by atoms with Crippen molar-refractivity contribution in [1.82, 2.24) is 10.0 Å². The molecule has 0 atom stereocenters. The van der Waals surface area contributed by atoms with Gasteiger partial charge in [-0.25, -0.2) is 13.1 Å². The summed E-state index contributed by atoms with van der Waals surface area (Å²) >= 11 is 0. The van der Waals surface area contributed by atoms with Crippen molar-refractivity contribution in [2.45, 2.75) is 57.5 Å². The third-order valence-corrected chi connectivity index (χ3v) is 5.79. The minimum absolute atomic E-state index is 0.103. The van der Waals surface area contributed by atoms with Gasteiger partial charge in [-0.2, -0.15) is 0 Å². The zero-order valence-corrected chi connectivity index (χ0v) is 14.0. The van der Waals surface area contributed by atoms with Crippen LogP contribution in [0, 0.1) is 12.8 Å². The fourth-order valence-corrected chi connectivity index (χ4v) is 4.37. The van der Waals surface area contributed by atoms with Crippen LogP contribution < -0.4 is 10.0 Å². The average molecular weight is 310 g/mol. The summed E-state index contributed by atoms with van der Waals surface area (Å²) in [6.45, 7) is 7.80. The van der Waals surface area contributed by atoms with Crippen molar-refractivity contribution in [1.29, 1.82) is 0 Å². The molecule has 1 aliphatic carbocycles. The van der Waals surface area contributed by atoms with Crippen molar-refractivity contribution in [3.63, 3.8) is 0 Å². The lowest BCUT2D eigenvalue weighted by Gasteiger charge is -2.33. The predicted molar refractivity (Wildman–Crippen MR) is 85.7 cm³/mol. The Morgan fingerprint density at radius 1 is 1.29 bits per heavy atom. The number of benzene rings is 1. The van der Waals surface area contributed by atoms with E-state index in [4.69, 9.17) is 0 Å². The van der Waals surface area contributed by atoms with E-state index in [2.05, 4.69) is 23.9 Å². The fourth-order valence-electron chi connectivity index (χ4n) is 2.82. The molecule has 4 nitrogen and oxygen atoms in total. The first-order valence-corrected chi connectivity index (χ1v) is 9.24. The van der Waals surface area contributed by atoms with Crippen molar-refractivity contribution >= 4 is 10.0 Å². The van der Waals surface area contributed by atoms with Gasteiger partial charge in [-0.15, -0.1) is 0 Å². The molecule has 2 N–H and O–H groups in total. The Balaban J connectivity index is 2.13. The Bertz CT molecular complexity index is 578. The highest BCUT2D eigenvalue weighted by atomic mass is 32.2. The Morgan fingerprint density at radius 2 is 2.00 bits per heavy atom. The van der Waals surface area contributed by atoms with Crippen molar-refractivity contribution < 1.29 is 8.42 Å². The first kappa shape index (κ1) is 16.5. The molecule has 1 aromatic rings. The summed E-state index contributed by atoms with van der Waals surface area (Å²) in [5.74, 6) is 0.628. The summed E-state index contributed by atoms with van der Waals surface area (Å²) in [6, 6.07) is 5.62. The van der Waals surface area contributed by atoms with Crippen molar-refractivity contribution in [3.05, 3.63) is 29.3 Å². The Morgan fingerprint density at radius 3 is 2.62 bits per heavy atom. The molecular weight excluding hydrogens is 284 g/mol. The molecule has 0 heterocycles. The number of sulfonamides is 1. The maximum absolute atomic E-state index is 12.5. The largest absolute Gasteiger partial charge is 0.313 e. The molecule has 0 aromatic heterocycles. The second-order valence-corrected chi connectivity index (χ2v) is 7.79. The standard InChI is InChI=1S/C16H26N2O2S/c1-4-8-17-11-14-6-5-7-16(13(14)3)21(19,20)18-15-9-12(2)10-15/h5-7,12,15,17-18H,4,8-11H2,1-3H3. The highest BCUT2D eigenvalue weighted by molar-refractivity contribution is 7.89. The molecule has 5 heteroatoms. The summed E-state index contributed by atoms with van der Waals surface area (Å²) in [4.78, 5) is 0.415. The van der Waals surface area contributed by atoms with Crippen LogP contribution >= 0.6 is 0 Å². The summed E-state index contributed by atoms with van der Waals surface area (Å²) in [7, 11) is -3.41. The van der Waals surface area contributed by atoms with Crippen LogP contribution in [0.15, 0.2) is 23.1 Å². The van der Waals surface area contributed by atoms with Crippen LogP contribution in [0.5, 0.6) is 0 Å². The van der Waals surface area contributed by atoms with Crippen LogP contribution in [-0.2, 0) is 16.6 Å². The number of hydrogen-bond donors (Lipinski definition) is 2. The van der Waals surface area contributed by atoms with E-state index < -0.39 is 10.0 Å². The van der Waals surface area contributed by atoms with Gasteiger partial charge in [0.15, 0.2) is 0 Å². The second kappa shape index (κ2) is 6.90. The number of nitrogens with one attached hydrogen (secondary N) is 2. The minimum atomic E-state index is -3.41. The van der Waals surface area contributed by atoms with Crippen LogP contribution in [0.4, 0.5) is 0 Å². The average Bonchev–Trinajstić information content (AvgIpc) is 2.39. The van der Waals surface area contributed by atoms with E-state index in [-0.39, 0.29) is 6.04 Å². The Kier molecular flexibility index (Phi) is 5.41. The van der Waals surface area contributed by atoms with Crippen LogP contribution in [0.3, 0.4) is 0 Å². The van der Waals surface area contributed by atoms with E-state index in [9.17, 15) is 8.42 Å². The van der Waals surface area contributed by atoms with Gasteiger partial charge in [-0.1, -0.05) is 26.0 Å². The quantitative estimate of drug-likeness (QED) is 0.761. The van der Waals surface area contributed by atoms with Gasteiger partial charge in [-0.3, -0.25) is 0 Å². The monoisotopic (exact) mass is 310 g/mol.